The summed E-state index contributed by atoms with van der Waals surface area (Å²) in [6, 6.07) is 13.8. The lowest BCUT2D eigenvalue weighted by Gasteiger charge is -2.18. The van der Waals surface area contributed by atoms with E-state index in [0.717, 1.165) is 11.1 Å². The molecule has 0 bridgehead atoms. The van der Waals surface area contributed by atoms with Crippen LogP contribution in [-0.2, 0) is 6.61 Å². The Bertz CT molecular complexity index is 1200. The smallest absolute Gasteiger partial charge is 0.185 e. The number of benzene rings is 3. The van der Waals surface area contributed by atoms with E-state index >= 15 is 0 Å². The van der Waals surface area contributed by atoms with E-state index in [2.05, 4.69) is 0 Å². The predicted molar refractivity (Wildman–Crippen MR) is 130 cm³/mol. The van der Waals surface area contributed by atoms with Crippen molar-refractivity contribution in [2.45, 2.75) is 6.61 Å². The molecule has 0 saturated carbocycles. The summed E-state index contributed by atoms with van der Waals surface area (Å²) in [5.74, 6) is 2.03. The fourth-order valence-corrected chi connectivity index (χ4v) is 4.22. The summed E-state index contributed by atoms with van der Waals surface area (Å²) in [5, 5.41) is 1.05. The lowest BCUT2D eigenvalue weighted by atomic mass is 10.1. The van der Waals surface area contributed by atoms with Crippen molar-refractivity contribution >= 4 is 46.7 Å². The quantitative estimate of drug-likeness (QED) is 0.258. The molecule has 0 aliphatic carbocycles. The Morgan fingerprint density at radius 1 is 0.970 bits per heavy atom. The van der Waals surface area contributed by atoms with E-state index in [1.54, 1.807) is 49.6 Å². The van der Waals surface area contributed by atoms with Gasteiger partial charge in [-0.15, -0.1) is 0 Å². The van der Waals surface area contributed by atoms with Crippen molar-refractivity contribution in [3.05, 3.63) is 86.4 Å². The molecule has 1 aliphatic heterocycles. The van der Waals surface area contributed by atoms with Gasteiger partial charge in [-0.25, -0.2) is 0 Å². The van der Waals surface area contributed by atoms with Crippen LogP contribution in [0.25, 0.3) is 6.08 Å². The van der Waals surface area contributed by atoms with Gasteiger partial charge in [-0.05, 0) is 54.1 Å². The zero-order valence-corrected chi connectivity index (χ0v) is 19.8. The number of ketones is 1. The van der Waals surface area contributed by atoms with Crippen molar-refractivity contribution in [1.29, 1.82) is 0 Å². The van der Waals surface area contributed by atoms with Gasteiger partial charge in [-0.1, -0.05) is 46.9 Å². The maximum atomic E-state index is 12.7. The van der Waals surface area contributed by atoms with Crippen molar-refractivity contribution in [3.8, 4) is 23.0 Å². The van der Waals surface area contributed by atoms with Gasteiger partial charge in [0.25, 0.3) is 0 Å². The molecule has 5 nitrogen and oxygen atoms in total. The number of methoxy groups -OCH3 is 1. The first kappa shape index (κ1) is 23.3. The molecule has 33 heavy (non-hydrogen) atoms. The predicted octanol–water partition coefficient (Wildman–Crippen LogP) is 6.90. The van der Waals surface area contributed by atoms with Crippen LogP contribution < -0.4 is 18.9 Å². The van der Waals surface area contributed by atoms with Gasteiger partial charge in [0.1, 0.15) is 25.6 Å². The summed E-state index contributed by atoms with van der Waals surface area (Å²) in [4.78, 5) is 12.7. The number of carbonyl (C=O) groups is 1. The molecule has 1 aliphatic rings. The average molecular weight is 506 g/mol. The Labute approximate surface area is 206 Å². The molecule has 0 spiro atoms. The van der Waals surface area contributed by atoms with Gasteiger partial charge in [0.05, 0.1) is 17.2 Å². The minimum Gasteiger partial charge on any atom is -0.496 e. The molecule has 3 aromatic carbocycles. The third-order valence-corrected chi connectivity index (χ3v) is 5.67. The van der Waals surface area contributed by atoms with Gasteiger partial charge in [-0.3, -0.25) is 4.79 Å². The summed E-state index contributed by atoms with van der Waals surface area (Å²) in [6.07, 6.45) is 3.23. The molecule has 8 heteroatoms. The van der Waals surface area contributed by atoms with Gasteiger partial charge in [0, 0.05) is 16.1 Å². The van der Waals surface area contributed by atoms with Gasteiger partial charge in [-0.2, -0.15) is 0 Å². The summed E-state index contributed by atoms with van der Waals surface area (Å²) in [6.45, 7) is 1.12. The van der Waals surface area contributed by atoms with E-state index in [-0.39, 0.29) is 12.4 Å². The first-order chi connectivity index (χ1) is 15.9. The Balaban J connectivity index is 1.50. The number of halogens is 3. The fourth-order valence-electron chi connectivity index (χ4n) is 3.30. The Kier molecular flexibility index (Phi) is 7.33. The second-order valence-corrected chi connectivity index (χ2v) is 8.37. The molecule has 0 unspecified atom stereocenters. The van der Waals surface area contributed by atoms with Crippen molar-refractivity contribution in [2.75, 3.05) is 20.3 Å². The SMILES string of the molecule is COc1ccc(/C=C/C(=O)c2ccc3c(c2)OCCO3)cc1COc1c(Cl)cc(Cl)cc1Cl. The van der Waals surface area contributed by atoms with Crippen LogP contribution >= 0.6 is 34.8 Å². The maximum absolute atomic E-state index is 12.7. The first-order valence-corrected chi connectivity index (χ1v) is 11.1. The minimum absolute atomic E-state index is 0.152. The van der Waals surface area contributed by atoms with Crippen molar-refractivity contribution in [2.24, 2.45) is 0 Å². The first-order valence-electron chi connectivity index (χ1n) is 10.0. The third-order valence-electron chi connectivity index (χ3n) is 4.89. The van der Waals surface area contributed by atoms with E-state index in [0.29, 0.717) is 56.8 Å². The number of hydrogen-bond acceptors (Lipinski definition) is 5. The van der Waals surface area contributed by atoms with Gasteiger partial charge >= 0.3 is 0 Å². The standard InChI is InChI=1S/C25H19Cl3O5/c1-30-22-6-3-15(10-17(22)14-33-25-19(27)12-18(26)13-20(25)28)2-5-21(29)16-4-7-23-24(11-16)32-9-8-31-23/h2-7,10-13H,8-9,14H2,1H3/b5-2+. The molecule has 1 heterocycles. The van der Waals surface area contributed by atoms with Crippen molar-refractivity contribution < 1.29 is 23.7 Å². The minimum atomic E-state index is -0.152. The second-order valence-electron chi connectivity index (χ2n) is 7.11. The maximum Gasteiger partial charge on any atom is 0.185 e. The van der Waals surface area contributed by atoms with Crippen LogP contribution in [0.1, 0.15) is 21.5 Å². The number of rotatable bonds is 7. The Morgan fingerprint density at radius 2 is 1.70 bits per heavy atom. The molecule has 3 aromatic rings. The molecule has 0 amide bonds. The van der Waals surface area contributed by atoms with Crippen molar-refractivity contribution in [1.82, 2.24) is 0 Å². The highest BCUT2D eigenvalue weighted by Crippen LogP contribution is 2.37. The monoisotopic (exact) mass is 504 g/mol. The normalized spacial score (nSPS) is 12.6. The van der Waals surface area contributed by atoms with Crippen LogP contribution in [0.4, 0.5) is 0 Å². The molecule has 0 fully saturated rings. The number of carbonyl (C=O) groups excluding carboxylic acids is 1. The summed E-state index contributed by atoms with van der Waals surface area (Å²) < 4.78 is 22.3. The molecule has 0 atom stereocenters. The lowest BCUT2D eigenvalue weighted by molar-refractivity contribution is 0.104. The zero-order chi connectivity index (χ0) is 23.4. The van der Waals surface area contributed by atoms with Gasteiger partial charge in [0.15, 0.2) is 23.0 Å². The number of ether oxygens (including phenoxy) is 4. The lowest BCUT2D eigenvalue weighted by Crippen LogP contribution is -2.15. The molecule has 0 N–H and O–H groups in total. The molecule has 0 radical (unpaired) electrons. The van der Waals surface area contributed by atoms with Gasteiger partial charge < -0.3 is 18.9 Å². The molecular formula is C25H19Cl3O5. The number of hydrogen-bond donors (Lipinski definition) is 0. The molecule has 4 rings (SSSR count). The molecular weight excluding hydrogens is 487 g/mol. The van der Waals surface area contributed by atoms with Crippen LogP contribution in [-0.4, -0.2) is 26.1 Å². The van der Waals surface area contributed by atoms with Crippen LogP contribution in [0.15, 0.2) is 54.6 Å². The average Bonchev–Trinajstić information content (AvgIpc) is 2.81. The third kappa shape index (κ3) is 5.56. The highest BCUT2D eigenvalue weighted by molar-refractivity contribution is 6.40. The summed E-state index contributed by atoms with van der Waals surface area (Å²) >= 11 is 18.4. The number of fused-ring (bicyclic) bond motifs is 1. The van der Waals surface area contributed by atoms with E-state index in [4.69, 9.17) is 53.8 Å². The van der Waals surface area contributed by atoms with Crippen molar-refractivity contribution in [3.63, 3.8) is 0 Å². The summed E-state index contributed by atoms with van der Waals surface area (Å²) in [5.41, 5.74) is 2.07. The summed E-state index contributed by atoms with van der Waals surface area (Å²) in [7, 11) is 1.57. The molecule has 170 valence electrons. The molecule has 0 aromatic heterocycles. The van der Waals surface area contributed by atoms with E-state index < -0.39 is 0 Å². The fraction of sp³-hybridized carbons (Fsp3) is 0.160. The highest BCUT2D eigenvalue weighted by Gasteiger charge is 2.14. The van der Waals surface area contributed by atoms with Crippen LogP contribution in [0.5, 0.6) is 23.0 Å². The van der Waals surface area contributed by atoms with E-state index in [9.17, 15) is 4.79 Å². The highest BCUT2D eigenvalue weighted by atomic mass is 35.5. The zero-order valence-electron chi connectivity index (χ0n) is 17.6. The number of allylic oxidation sites excluding steroid dienone is 1. The largest absolute Gasteiger partial charge is 0.496 e. The Hall–Kier alpha value is -2.86. The molecule has 0 saturated heterocycles. The Morgan fingerprint density at radius 3 is 2.42 bits per heavy atom. The van der Waals surface area contributed by atoms with E-state index in [1.165, 1.54) is 6.08 Å². The van der Waals surface area contributed by atoms with Crippen LogP contribution in [0.2, 0.25) is 15.1 Å². The van der Waals surface area contributed by atoms with Crippen LogP contribution in [0, 0.1) is 0 Å². The van der Waals surface area contributed by atoms with Crippen LogP contribution in [0.3, 0.4) is 0 Å². The van der Waals surface area contributed by atoms with Gasteiger partial charge in [0.2, 0.25) is 0 Å². The second kappa shape index (κ2) is 10.4. The van der Waals surface area contributed by atoms with E-state index in [1.807, 2.05) is 12.1 Å². The topological polar surface area (TPSA) is 54.0 Å².